The van der Waals surface area contributed by atoms with Crippen molar-refractivity contribution in [2.45, 2.75) is 206 Å². The molecule has 0 amide bonds. The standard InChI is InChI=1S/C38H78NO.ClH/c1-5-7-9-11-13-15-17-19-21-22-23-25-27-29-31-33-35-38(40)37-39(3,4)36-34-32-30-28-26-24-20-18-16-14-12-10-8-6-2;/h19,21,38,40H,5-18,20,22-37H2,1-4H3;1H/q+1;/p-1/b21-19-;. The number of likely N-dealkylation sites (N-methyl/N-ethyl adjacent to an activating group) is 1. The van der Waals surface area contributed by atoms with Gasteiger partial charge in [-0.2, -0.15) is 0 Å². The van der Waals surface area contributed by atoms with E-state index in [4.69, 9.17) is 0 Å². The molecule has 0 saturated heterocycles. The second kappa shape index (κ2) is 34.4. The lowest BCUT2D eigenvalue weighted by Crippen LogP contribution is -3.00. The second-order valence-electron chi connectivity index (χ2n) is 13.8. The van der Waals surface area contributed by atoms with Gasteiger partial charge < -0.3 is 22.0 Å². The van der Waals surface area contributed by atoms with E-state index in [-0.39, 0.29) is 18.5 Å². The first-order valence-corrected chi connectivity index (χ1v) is 18.7. The van der Waals surface area contributed by atoms with E-state index in [0.29, 0.717) is 0 Å². The van der Waals surface area contributed by atoms with E-state index >= 15 is 0 Å². The van der Waals surface area contributed by atoms with Crippen LogP contribution in [0.5, 0.6) is 0 Å². The topological polar surface area (TPSA) is 20.2 Å². The molecule has 1 N–H and O–H groups in total. The van der Waals surface area contributed by atoms with Gasteiger partial charge in [-0.25, -0.2) is 0 Å². The number of rotatable bonds is 33. The Morgan fingerprint density at radius 3 is 1.17 bits per heavy atom. The first-order chi connectivity index (χ1) is 19.5. The van der Waals surface area contributed by atoms with Crippen molar-refractivity contribution in [3.63, 3.8) is 0 Å². The van der Waals surface area contributed by atoms with Crippen LogP contribution in [-0.4, -0.2) is 42.9 Å². The molecule has 0 aromatic rings. The van der Waals surface area contributed by atoms with Crippen molar-refractivity contribution in [3.8, 4) is 0 Å². The maximum absolute atomic E-state index is 10.6. The number of halogens is 1. The molecule has 0 heterocycles. The van der Waals surface area contributed by atoms with Crippen LogP contribution in [-0.2, 0) is 0 Å². The van der Waals surface area contributed by atoms with Gasteiger partial charge in [0.2, 0.25) is 0 Å². The molecule has 0 rings (SSSR count). The predicted octanol–water partition coefficient (Wildman–Crippen LogP) is 9.34. The van der Waals surface area contributed by atoms with Gasteiger partial charge in [0.15, 0.2) is 0 Å². The number of hydrogen-bond acceptors (Lipinski definition) is 1. The van der Waals surface area contributed by atoms with E-state index in [9.17, 15) is 5.11 Å². The van der Waals surface area contributed by atoms with Gasteiger partial charge in [0.25, 0.3) is 0 Å². The predicted molar refractivity (Wildman–Crippen MR) is 182 cm³/mol. The number of quaternary nitrogens is 1. The summed E-state index contributed by atoms with van der Waals surface area (Å²) >= 11 is 0. The van der Waals surface area contributed by atoms with Gasteiger partial charge in [-0.3, -0.25) is 0 Å². The zero-order valence-electron chi connectivity index (χ0n) is 28.9. The first-order valence-electron chi connectivity index (χ1n) is 18.7. The van der Waals surface area contributed by atoms with Crippen LogP contribution in [0.15, 0.2) is 12.2 Å². The van der Waals surface area contributed by atoms with Crippen molar-refractivity contribution < 1.29 is 22.0 Å². The van der Waals surface area contributed by atoms with Crippen molar-refractivity contribution in [2.75, 3.05) is 27.2 Å². The lowest BCUT2D eigenvalue weighted by Gasteiger charge is -2.32. The fraction of sp³-hybridized carbons (Fsp3) is 0.947. The highest BCUT2D eigenvalue weighted by atomic mass is 35.5. The third-order valence-electron chi connectivity index (χ3n) is 8.87. The largest absolute Gasteiger partial charge is 1.00 e. The Kier molecular flexibility index (Phi) is 36.2. The molecular formula is C38H78ClNO. The summed E-state index contributed by atoms with van der Waals surface area (Å²) in [5, 5.41) is 10.6. The van der Waals surface area contributed by atoms with Crippen LogP contribution < -0.4 is 12.4 Å². The average Bonchev–Trinajstić information content (AvgIpc) is 2.92. The Bertz CT molecular complexity index is 507. The molecule has 0 spiro atoms. The maximum Gasteiger partial charge on any atom is 0.105 e. The van der Waals surface area contributed by atoms with Gasteiger partial charge in [-0.05, 0) is 44.9 Å². The smallest absolute Gasteiger partial charge is 0.105 e. The Balaban J connectivity index is 0. The van der Waals surface area contributed by atoms with E-state index in [1.165, 1.54) is 186 Å². The van der Waals surface area contributed by atoms with Crippen molar-refractivity contribution >= 4 is 0 Å². The summed E-state index contributed by atoms with van der Waals surface area (Å²) in [5.74, 6) is 0. The van der Waals surface area contributed by atoms with Crippen molar-refractivity contribution in [3.05, 3.63) is 12.2 Å². The Morgan fingerprint density at radius 1 is 0.463 bits per heavy atom. The third-order valence-corrected chi connectivity index (χ3v) is 8.87. The van der Waals surface area contributed by atoms with Crippen molar-refractivity contribution in [1.29, 1.82) is 0 Å². The Morgan fingerprint density at radius 2 is 0.780 bits per heavy atom. The normalized spacial score (nSPS) is 12.7. The lowest BCUT2D eigenvalue weighted by molar-refractivity contribution is -0.893. The molecule has 0 radical (unpaired) electrons. The maximum atomic E-state index is 10.6. The molecule has 0 aliphatic heterocycles. The summed E-state index contributed by atoms with van der Waals surface area (Å²) in [6, 6.07) is 0. The van der Waals surface area contributed by atoms with E-state index in [1.54, 1.807) is 0 Å². The molecule has 1 atom stereocenters. The molecule has 248 valence electrons. The van der Waals surface area contributed by atoms with Crippen LogP contribution in [0.2, 0.25) is 0 Å². The number of unbranched alkanes of at least 4 members (excludes halogenated alkanes) is 25. The molecule has 0 aliphatic rings. The van der Waals surface area contributed by atoms with Gasteiger partial charge >= 0.3 is 0 Å². The fourth-order valence-electron chi connectivity index (χ4n) is 6.11. The van der Waals surface area contributed by atoms with E-state index in [2.05, 4.69) is 40.1 Å². The highest BCUT2D eigenvalue weighted by molar-refractivity contribution is 4.81. The first kappa shape index (κ1) is 43.1. The van der Waals surface area contributed by atoms with E-state index < -0.39 is 0 Å². The molecule has 0 aromatic heterocycles. The minimum atomic E-state index is -0.126. The summed E-state index contributed by atoms with van der Waals surface area (Å²) in [5.41, 5.74) is 0. The van der Waals surface area contributed by atoms with Gasteiger partial charge in [0.05, 0.1) is 20.6 Å². The summed E-state index contributed by atoms with van der Waals surface area (Å²) in [7, 11) is 4.63. The molecule has 0 fully saturated rings. The summed E-state index contributed by atoms with van der Waals surface area (Å²) in [6.07, 6.45) is 44.4. The number of nitrogens with zero attached hydrogens (tertiary/aromatic N) is 1. The lowest BCUT2D eigenvalue weighted by atomic mass is 10.0. The second-order valence-corrected chi connectivity index (χ2v) is 13.8. The molecule has 2 nitrogen and oxygen atoms in total. The van der Waals surface area contributed by atoms with Gasteiger partial charge in [0.1, 0.15) is 12.6 Å². The van der Waals surface area contributed by atoms with Crippen LogP contribution in [0, 0.1) is 0 Å². The summed E-state index contributed by atoms with van der Waals surface area (Å²) in [6.45, 7) is 6.72. The molecule has 3 heteroatoms. The number of hydrogen-bond donors (Lipinski definition) is 1. The van der Waals surface area contributed by atoms with Crippen LogP contribution >= 0.6 is 0 Å². The fourth-order valence-corrected chi connectivity index (χ4v) is 6.11. The van der Waals surface area contributed by atoms with Gasteiger partial charge in [0, 0.05) is 0 Å². The van der Waals surface area contributed by atoms with Crippen LogP contribution in [0.1, 0.15) is 200 Å². The molecule has 41 heavy (non-hydrogen) atoms. The van der Waals surface area contributed by atoms with Crippen LogP contribution in [0.25, 0.3) is 0 Å². The van der Waals surface area contributed by atoms with Crippen LogP contribution in [0.3, 0.4) is 0 Å². The molecular weight excluding hydrogens is 522 g/mol. The summed E-state index contributed by atoms with van der Waals surface area (Å²) < 4.78 is 0.978. The van der Waals surface area contributed by atoms with Gasteiger partial charge in [-0.1, -0.05) is 167 Å². The minimum absolute atomic E-state index is 0. The Hall–Kier alpha value is -0.0500. The summed E-state index contributed by atoms with van der Waals surface area (Å²) in [4.78, 5) is 0. The monoisotopic (exact) mass is 600 g/mol. The number of allylic oxidation sites excluding steroid dienone is 2. The average molecular weight is 601 g/mol. The number of aliphatic hydroxyl groups is 1. The molecule has 0 bridgehead atoms. The van der Waals surface area contributed by atoms with Crippen molar-refractivity contribution in [1.82, 2.24) is 0 Å². The molecule has 0 aliphatic carbocycles. The van der Waals surface area contributed by atoms with E-state index in [1.807, 2.05) is 0 Å². The number of aliphatic hydroxyl groups excluding tert-OH is 1. The third kappa shape index (κ3) is 36.1. The molecule has 0 aromatic carbocycles. The SMILES string of the molecule is CCCCCCCC/C=C\CCCCCCCCC(O)C[N+](C)(C)CCCCCCCCCCCCCCCC.[Cl-]. The van der Waals surface area contributed by atoms with Crippen LogP contribution in [0.4, 0.5) is 0 Å². The zero-order valence-corrected chi connectivity index (χ0v) is 29.7. The van der Waals surface area contributed by atoms with E-state index in [0.717, 1.165) is 17.4 Å². The van der Waals surface area contributed by atoms with Crippen molar-refractivity contribution in [2.24, 2.45) is 0 Å². The molecule has 0 saturated carbocycles. The zero-order chi connectivity index (χ0) is 29.4. The Labute approximate surface area is 266 Å². The minimum Gasteiger partial charge on any atom is -1.00 e. The molecule has 1 unspecified atom stereocenters. The quantitative estimate of drug-likeness (QED) is 0.0452. The highest BCUT2D eigenvalue weighted by Crippen LogP contribution is 2.15. The van der Waals surface area contributed by atoms with Gasteiger partial charge in [-0.15, -0.1) is 0 Å². The highest BCUT2D eigenvalue weighted by Gasteiger charge is 2.19.